The molecule has 0 bridgehead atoms. The first-order valence-corrected chi connectivity index (χ1v) is 7.17. The summed E-state index contributed by atoms with van der Waals surface area (Å²) in [7, 11) is 2.79. The highest BCUT2D eigenvalue weighted by Crippen LogP contribution is 2.44. The van der Waals surface area contributed by atoms with Gasteiger partial charge in [-0.05, 0) is 12.0 Å². The first-order valence-electron chi connectivity index (χ1n) is 6.79. The molecule has 1 aliphatic carbocycles. The Hall–Kier alpha value is -2.01. The third-order valence-corrected chi connectivity index (χ3v) is 4.15. The zero-order valence-electron chi connectivity index (χ0n) is 12.6. The predicted octanol–water partition coefficient (Wildman–Crippen LogP) is 3.03. The lowest BCUT2D eigenvalue weighted by molar-refractivity contribution is -0.115. The third-order valence-electron chi connectivity index (χ3n) is 3.78. The summed E-state index contributed by atoms with van der Waals surface area (Å²) in [5.41, 5.74) is 0.00384. The van der Waals surface area contributed by atoms with Crippen LogP contribution in [0.1, 0.15) is 23.7 Å². The van der Waals surface area contributed by atoms with E-state index >= 15 is 0 Å². The number of ketones is 2. The number of halogens is 1. The summed E-state index contributed by atoms with van der Waals surface area (Å²) in [4.78, 5) is 24.2. The van der Waals surface area contributed by atoms with Gasteiger partial charge >= 0.3 is 0 Å². The molecule has 1 unspecified atom stereocenters. The molecule has 2 atom stereocenters. The molecular formula is C16H17ClO5. The normalized spacial score (nSPS) is 20.8. The second kappa shape index (κ2) is 6.40. The van der Waals surface area contributed by atoms with Gasteiger partial charge in [0.05, 0.1) is 14.2 Å². The molecule has 2 rings (SSSR count). The van der Waals surface area contributed by atoms with Crippen molar-refractivity contribution in [3.05, 3.63) is 28.8 Å². The van der Waals surface area contributed by atoms with E-state index in [-0.39, 0.29) is 45.3 Å². The fourth-order valence-electron chi connectivity index (χ4n) is 2.57. The Morgan fingerprint density at radius 2 is 1.95 bits per heavy atom. The Bertz CT molecular complexity index is 650. The van der Waals surface area contributed by atoms with Crippen molar-refractivity contribution in [3.63, 3.8) is 0 Å². The molecule has 0 saturated heterocycles. The summed E-state index contributed by atoms with van der Waals surface area (Å²) < 4.78 is 10.2. The van der Waals surface area contributed by atoms with Gasteiger partial charge in [-0.1, -0.05) is 24.6 Å². The summed E-state index contributed by atoms with van der Waals surface area (Å²) >= 11 is 6.02. The van der Waals surface area contributed by atoms with E-state index in [4.69, 9.17) is 21.1 Å². The number of methoxy groups -OCH3 is 2. The highest BCUT2D eigenvalue weighted by molar-refractivity contribution is 6.34. The van der Waals surface area contributed by atoms with Crippen LogP contribution < -0.4 is 9.47 Å². The highest BCUT2D eigenvalue weighted by atomic mass is 35.5. The number of rotatable bonds is 4. The van der Waals surface area contributed by atoms with Gasteiger partial charge in [-0.25, -0.2) is 0 Å². The van der Waals surface area contributed by atoms with Gasteiger partial charge in [0.25, 0.3) is 0 Å². The van der Waals surface area contributed by atoms with E-state index in [1.54, 1.807) is 6.08 Å². The van der Waals surface area contributed by atoms with Crippen LogP contribution >= 0.6 is 11.6 Å². The maximum Gasteiger partial charge on any atom is 0.177 e. The van der Waals surface area contributed by atoms with Crippen molar-refractivity contribution in [1.82, 2.24) is 0 Å². The number of benzene rings is 1. The van der Waals surface area contributed by atoms with Crippen LogP contribution in [0.3, 0.4) is 0 Å². The second-order valence-corrected chi connectivity index (χ2v) is 5.59. The topological polar surface area (TPSA) is 72.8 Å². The number of carbonyl (C=O) groups excluding carboxylic acids is 2. The van der Waals surface area contributed by atoms with Crippen LogP contribution in [0.5, 0.6) is 17.2 Å². The van der Waals surface area contributed by atoms with E-state index in [2.05, 4.69) is 0 Å². The molecule has 1 aromatic rings. The van der Waals surface area contributed by atoms with Gasteiger partial charge in [0.2, 0.25) is 0 Å². The summed E-state index contributed by atoms with van der Waals surface area (Å²) in [6, 6.07) is 1.46. The molecule has 6 heteroatoms. The Balaban J connectivity index is 2.52. The molecule has 0 spiro atoms. The van der Waals surface area contributed by atoms with Gasteiger partial charge in [-0.3, -0.25) is 9.59 Å². The van der Waals surface area contributed by atoms with E-state index in [9.17, 15) is 14.7 Å². The number of phenolic OH excluding ortho intramolecular Hbond substituents is 1. The highest BCUT2D eigenvalue weighted by Gasteiger charge is 2.33. The summed E-state index contributed by atoms with van der Waals surface area (Å²) in [5.74, 6) is -0.996. The lowest BCUT2D eigenvalue weighted by Gasteiger charge is -2.23. The maximum absolute atomic E-state index is 12.8. The lowest BCUT2D eigenvalue weighted by atomic mass is 9.80. The minimum Gasteiger partial charge on any atom is -0.505 e. The largest absolute Gasteiger partial charge is 0.505 e. The van der Waals surface area contributed by atoms with Gasteiger partial charge in [-0.2, -0.15) is 0 Å². The first kappa shape index (κ1) is 16.4. The number of hydrogen-bond acceptors (Lipinski definition) is 5. The van der Waals surface area contributed by atoms with Crippen LogP contribution in [0, 0.1) is 11.8 Å². The van der Waals surface area contributed by atoms with Crippen LogP contribution in [0.2, 0.25) is 5.02 Å². The molecule has 0 amide bonds. The average Bonchev–Trinajstić information content (AvgIpc) is 2.49. The number of aromatic hydroxyl groups is 1. The molecule has 1 aromatic carbocycles. The van der Waals surface area contributed by atoms with E-state index in [0.29, 0.717) is 6.42 Å². The zero-order chi connectivity index (χ0) is 16.4. The molecule has 0 aromatic heterocycles. The maximum atomic E-state index is 12.8. The zero-order valence-corrected chi connectivity index (χ0v) is 13.3. The smallest absolute Gasteiger partial charge is 0.177 e. The minimum absolute atomic E-state index is 0.00384. The van der Waals surface area contributed by atoms with Gasteiger partial charge in [0.1, 0.15) is 22.1 Å². The molecule has 0 heterocycles. The molecule has 5 nitrogen and oxygen atoms in total. The molecule has 0 aliphatic heterocycles. The molecule has 0 radical (unpaired) electrons. The summed E-state index contributed by atoms with van der Waals surface area (Å²) in [6.07, 6.45) is 3.26. The number of hydrogen-bond donors (Lipinski definition) is 1. The van der Waals surface area contributed by atoms with Crippen molar-refractivity contribution in [3.8, 4) is 17.2 Å². The first-order chi connectivity index (χ1) is 10.4. The lowest BCUT2D eigenvalue weighted by Crippen LogP contribution is -2.26. The number of Topliss-reactive ketones (excluding diaryl/α,β-unsaturated/α-hetero) is 1. The summed E-state index contributed by atoms with van der Waals surface area (Å²) in [5, 5.41) is 10.2. The second-order valence-electron chi connectivity index (χ2n) is 5.22. The molecule has 0 fully saturated rings. The molecule has 1 aliphatic rings. The van der Waals surface area contributed by atoms with Crippen molar-refractivity contribution in [2.75, 3.05) is 14.2 Å². The molecular weight excluding hydrogens is 308 g/mol. The van der Waals surface area contributed by atoms with Crippen LogP contribution in [0.25, 0.3) is 0 Å². The summed E-state index contributed by atoms with van der Waals surface area (Å²) in [6.45, 7) is 1.82. The number of carbonyl (C=O) groups is 2. The molecule has 1 N–H and O–H groups in total. The Kier molecular flexibility index (Phi) is 4.76. The third kappa shape index (κ3) is 2.81. The van der Waals surface area contributed by atoms with E-state index < -0.39 is 5.92 Å². The fraction of sp³-hybridized carbons (Fsp3) is 0.375. The van der Waals surface area contributed by atoms with Gasteiger partial charge in [0.15, 0.2) is 17.3 Å². The van der Waals surface area contributed by atoms with Gasteiger partial charge in [-0.15, -0.1) is 0 Å². The molecule has 0 saturated carbocycles. The molecule has 22 heavy (non-hydrogen) atoms. The van der Waals surface area contributed by atoms with E-state index in [1.807, 2.05) is 6.92 Å². The minimum atomic E-state index is -0.512. The van der Waals surface area contributed by atoms with Crippen LogP contribution in [-0.2, 0) is 4.79 Å². The Labute approximate surface area is 133 Å². The Morgan fingerprint density at radius 3 is 2.50 bits per heavy atom. The van der Waals surface area contributed by atoms with Crippen LogP contribution in [0.4, 0.5) is 0 Å². The van der Waals surface area contributed by atoms with E-state index in [1.165, 1.54) is 26.4 Å². The average molecular weight is 325 g/mol. The van der Waals surface area contributed by atoms with Gasteiger partial charge in [0, 0.05) is 18.4 Å². The molecule has 118 valence electrons. The Morgan fingerprint density at radius 1 is 1.32 bits per heavy atom. The number of phenols is 1. The van der Waals surface area contributed by atoms with E-state index in [0.717, 1.165) is 0 Å². The quantitative estimate of drug-likeness (QED) is 0.862. The monoisotopic (exact) mass is 324 g/mol. The predicted molar refractivity (Wildman–Crippen MR) is 82.0 cm³/mol. The standard InChI is InChI=1S/C16H17ClO5/c1-8-6-9(18)4-5-10(8)15(19)13-11(21-2)7-12(22-3)14(17)16(13)20/h4-5,7-8,10,20H,6H2,1-3H3/t8-,10?/m1/s1. The van der Waals surface area contributed by atoms with Gasteiger partial charge < -0.3 is 14.6 Å². The number of allylic oxidation sites excluding steroid dienone is 2. The van der Waals surface area contributed by atoms with Crippen molar-refractivity contribution < 1.29 is 24.2 Å². The van der Waals surface area contributed by atoms with Crippen molar-refractivity contribution in [1.29, 1.82) is 0 Å². The van der Waals surface area contributed by atoms with Crippen molar-refractivity contribution in [2.45, 2.75) is 13.3 Å². The van der Waals surface area contributed by atoms with Crippen molar-refractivity contribution >= 4 is 23.2 Å². The number of ether oxygens (including phenoxy) is 2. The fourth-order valence-corrected chi connectivity index (χ4v) is 2.80. The van der Waals surface area contributed by atoms with Crippen LogP contribution in [0.15, 0.2) is 18.2 Å². The van der Waals surface area contributed by atoms with Crippen molar-refractivity contribution in [2.24, 2.45) is 11.8 Å². The SMILES string of the molecule is COc1cc(OC)c(C(=O)C2C=CC(=O)C[C@H]2C)c(O)c1Cl. The van der Waals surface area contributed by atoms with Crippen LogP contribution in [-0.4, -0.2) is 30.9 Å².